The van der Waals surface area contributed by atoms with E-state index in [4.69, 9.17) is 0 Å². The Morgan fingerprint density at radius 3 is 2.14 bits per heavy atom. The first-order valence-electron chi connectivity index (χ1n) is 2.21. The molecule has 0 nitrogen and oxygen atoms in total. The van der Waals surface area contributed by atoms with E-state index in [1.165, 1.54) is 0 Å². The fourth-order valence-electron chi connectivity index (χ4n) is 0.144. The molecule has 0 amide bonds. The zero-order valence-electron chi connectivity index (χ0n) is 4.89. The van der Waals surface area contributed by atoms with Crippen LogP contribution in [0.25, 0.3) is 0 Å². The summed E-state index contributed by atoms with van der Waals surface area (Å²) < 4.78 is 0. The molecular formula is C4H10S2Sn. The van der Waals surface area contributed by atoms with Crippen molar-refractivity contribution in [2.75, 3.05) is 6.26 Å². The van der Waals surface area contributed by atoms with Crippen LogP contribution in [0.5, 0.6) is 0 Å². The monoisotopic (exact) mass is 242 g/mol. The molecule has 42 valence electrons. The zero-order chi connectivity index (χ0) is 5.70. The van der Waals surface area contributed by atoms with Crippen LogP contribution in [0.15, 0.2) is 0 Å². The first-order valence-corrected chi connectivity index (χ1v) is 11.3. The average molecular weight is 241 g/mol. The topological polar surface area (TPSA) is 0 Å². The van der Waals surface area contributed by atoms with Crippen LogP contribution >= 0.6 is 17.9 Å². The van der Waals surface area contributed by atoms with E-state index in [1.54, 1.807) is 0 Å². The Morgan fingerprint density at radius 1 is 1.43 bits per heavy atom. The van der Waals surface area contributed by atoms with Gasteiger partial charge in [0.2, 0.25) is 0 Å². The molecule has 0 spiro atoms. The molecule has 0 unspecified atom stereocenters. The van der Waals surface area contributed by atoms with Crippen LogP contribution in [0.4, 0.5) is 0 Å². The molecule has 0 saturated carbocycles. The van der Waals surface area contributed by atoms with Crippen LogP contribution in [0.3, 0.4) is 0 Å². The van der Waals surface area contributed by atoms with Gasteiger partial charge in [-0.15, -0.1) is 0 Å². The van der Waals surface area contributed by atoms with Crippen LogP contribution in [0, 0.1) is 0 Å². The van der Waals surface area contributed by atoms with Crippen molar-refractivity contribution in [1.29, 1.82) is 0 Å². The van der Waals surface area contributed by atoms with Crippen LogP contribution in [-0.2, 0) is 0 Å². The average Bonchev–Trinajstić information content (AvgIpc) is 1.61. The van der Waals surface area contributed by atoms with E-state index < -0.39 is 0 Å². The third-order valence-corrected chi connectivity index (χ3v) is 12.7. The van der Waals surface area contributed by atoms with E-state index in [-0.39, 0.29) is 18.4 Å². The maximum atomic E-state index is 2.27. The van der Waals surface area contributed by atoms with E-state index in [2.05, 4.69) is 38.0 Å². The van der Waals surface area contributed by atoms with Gasteiger partial charge in [-0.2, -0.15) is 0 Å². The molecule has 0 rings (SSSR count). The van der Waals surface area contributed by atoms with E-state index in [0.717, 1.165) is 5.25 Å². The molecule has 0 aliphatic heterocycles. The van der Waals surface area contributed by atoms with Crippen molar-refractivity contribution in [2.24, 2.45) is 0 Å². The summed E-state index contributed by atoms with van der Waals surface area (Å²) in [6.07, 6.45) is 2.21. The molecule has 0 aromatic rings. The molecule has 0 heterocycles. The summed E-state index contributed by atoms with van der Waals surface area (Å²) in [5.74, 6) is 0. The second kappa shape index (κ2) is 5.63. The maximum absolute atomic E-state index is 2.27. The minimum absolute atomic E-state index is 0.0223. The van der Waals surface area contributed by atoms with Gasteiger partial charge in [-0.25, -0.2) is 0 Å². The van der Waals surface area contributed by atoms with Crippen LogP contribution in [0.1, 0.15) is 13.8 Å². The first kappa shape index (κ1) is 8.50. The van der Waals surface area contributed by atoms with E-state index in [0.29, 0.717) is 0 Å². The minimum atomic E-state index is -0.0223. The molecule has 0 aliphatic carbocycles. The summed E-state index contributed by atoms with van der Waals surface area (Å²) in [5, 5.41) is 0.874. The fraction of sp³-hybridized carbons (Fsp3) is 1.00. The molecule has 0 saturated heterocycles. The van der Waals surface area contributed by atoms with E-state index >= 15 is 0 Å². The molecule has 0 N–H and O–H groups in total. The number of hydrogen-bond acceptors (Lipinski definition) is 2. The summed E-state index contributed by atoms with van der Waals surface area (Å²) in [5.41, 5.74) is 0. The molecule has 0 aliphatic rings. The number of hydrogen-bond donors (Lipinski definition) is 0. The van der Waals surface area contributed by atoms with Crippen molar-refractivity contribution in [3.63, 3.8) is 0 Å². The summed E-state index contributed by atoms with van der Waals surface area (Å²) in [7, 11) is 4.23. The summed E-state index contributed by atoms with van der Waals surface area (Å²) in [6.45, 7) is 4.53. The summed E-state index contributed by atoms with van der Waals surface area (Å²) in [4.78, 5) is 0. The third-order valence-electron chi connectivity index (χ3n) is 0.367. The molecule has 0 fully saturated rings. The molecule has 0 aromatic carbocycles. The quantitative estimate of drug-likeness (QED) is 0.693. The van der Waals surface area contributed by atoms with Crippen molar-refractivity contribution < 1.29 is 0 Å². The van der Waals surface area contributed by atoms with Gasteiger partial charge in [-0.05, 0) is 0 Å². The summed E-state index contributed by atoms with van der Waals surface area (Å²) in [6, 6.07) is 0. The van der Waals surface area contributed by atoms with Crippen molar-refractivity contribution in [3.8, 4) is 0 Å². The van der Waals surface area contributed by atoms with Gasteiger partial charge in [0.05, 0.1) is 0 Å². The van der Waals surface area contributed by atoms with Crippen LogP contribution in [0.2, 0.25) is 0 Å². The molecule has 0 aromatic heterocycles. The SMILES string of the molecule is C[S][Sn][S]C(C)C. The van der Waals surface area contributed by atoms with E-state index in [1.807, 2.05) is 0 Å². The summed E-state index contributed by atoms with van der Waals surface area (Å²) >= 11 is -0.0223. The Labute approximate surface area is 61.3 Å². The second-order valence-electron chi connectivity index (χ2n) is 1.45. The van der Waals surface area contributed by atoms with E-state index in [9.17, 15) is 0 Å². The zero-order valence-corrected chi connectivity index (χ0v) is 9.38. The van der Waals surface area contributed by atoms with Gasteiger partial charge < -0.3 is 0 Å². The molecule has 0 bridgehead atoms. The Balaban J connectivity index is 2.68. The van der Waals surface area contributed by atoms with Gasteiger partial charge in [-0.1, -0.05) is 0 Å². The van der Waals surface area contributed by atoms with Crippen molar-refractivity contribution >= 4 is 36.3 Å². The Bertz CT molecular complexity index is 38.7. The second-order valence-corrected chi connectivity index (χ2v) is 13.5. The Kier molecular flexibility index (Phi) is 6.84. The van der Waals surface area contributed by atoms with Crippen molar-refractivity contribution in [2.45, 2.75) is 19.1 Å². The Morgan fingerprint density at radius 2 is 2.00 bits per heavy atom. The standard InChI is InChI=1S/C3H8S.CH4S.Sn/c1-3(2)4;1-2;/h3-4H,1-2H3;2H,1H3;/q;;+2/p-2. The van der Waals surface area contributed by atoms with Gasteiger partial charge in [-0.3, -0.25) is 0 Å². The fourth-order valence-corrected chi connectivity index (χ4v) is 8.71. The Hall–Kier alpha value is 1.50. The molecular weight excluding hydrogens is 231 g/mol. The van der Waals surface area contributed by atoms with Crippen molar-refractivity contribution in [3.05, 3.63) is 0 Å². The third kappa shape index (κ3) is 7.50. The normalized spacial score (nSPS) is 10.3. The van der Waals surface area contributed by atoms with Crippen molar-refractivity contribution in [1.82, 2.24) is 0 Å². The number of rotatable bonds is 3. The molecule has 7 heavy (non-hydrogen) atoms. The van der Waals surface area contributed by atoms with Gasteiger partial charge in [0, 0.05) is 0 Å². The van der Waals surface area contributed by atoms with Gasteiger partial charge in [0.15, 0.2) is 0 Å². The predicted octanol–water partition coefficient (Wildman–Crippen LogP) is 2.03. The van der Waals surface area contributed by atoms with Gasteiger partial charge >= 0.3 is 61.6 Å². The molecule has 2 radical (unpaired) electrons. The van der Waals surface area contributed by atoms with Crippen LogP contribution < -0.4 is 0 Å². The molecule has 0 atom stereocenters. The van der Waals surface area contributed by atoms with Gasteiger partial charge in [0.25, 0.3) is 0 Å². The molecule has 3 heteroatoms. The predicted molar refractivity (Wildman–Crippen MR) is 42.0 cm³/mol. The van der Waals surface area contributed by atoms with Crippen LogP contribution in [-0.4, -0.2) is 29.9 Å². The van der Waals surface area contributed by atoms with Gasteiger partial charge in [0.1, 0.15) is 0 Å². The first-order chi connectivity index (χ1) is 3.27.